The first kappa shape index (κ1) is 29.7. The fourth-order valence-electron chi connectivity index (χ4n) is 7.66. The van der Waals surface area contributed by atoms with Gasteiger partial charge < -0.3 is 9.97 Å². The summed E-state index contributed by atoms with van der Waals surface area (Å²) in [5.41, 5.74) is 9.69. The van der Waals surface area contributed by atoms with E-state index in [-0.39, 0.29) is 0 Å². The van der Waals surface area contributed by atoms with E-state index in [1.165, 1.54) is 16.2 Å². The van der Waals surface area contributed by atoms with Gasteiger partial charge in [-0.25, -0.2) is 9.97 Å². The molecule has 244 valence electrons. The Morgan fingerprint density at radius 2 is 0.885 bits per heavy atom. The van der Waals surface area contributed by atoms with Gasteiger partial charge in [0, 0.05) is 38.4 Å². The minimum Gasteiger partial charge on any atom is -0.355 e. The minimum absolute atomic E-state index is 0.294. The fourth-order valence-corrected chi connectivity index (χ4v) is 7.66. The van der Waals surface area contributed by atoms with Gasteiger partial charge in [-0.1, -0.05) is 84.9 Å². The second-order valence-corrected chi connectivity index (χ2v) is 13.2. The zero-order valence-electron chi connectivity index (χ0n) is 27.9. The van der Waals surface area contributed by atoms with Crippen molar-refractivity contribution in [3.8, 4) is 11.1 Å². The highest BCUT2D eigenvalue weighted by atomic mass is 14.8. The average Bonchev–Trinajstić information content (AvgIpc) is 4.00. The number of aromatic amines is 2. The molecule has 0 radical (unpaired) electrons. The van der Waals surface area contributed by atoms with Crippen LogP contribution in [0.1, 0.15) is 22.8 Å². The molecule has 4 N–H and O–H groups in total. The fraction of sp³-hybridized carbons (Fsp3) is 0. The van der Waals surface area contributed by atoms with Crippen LogP contribution in [0.15, 0.2) is 133 Å². The zero-order valence-corrected chi connectivity index (χ0v) is 27.9. The number of benzene rings is 6. The van der Waals surface area contributed by atoms with Crippen molar-refractivity contribution in [3.63, 3.8) is 0 Å². The molecule has 3 aromatic heterocycles. The van der Waals surface area contributed by atoms with Gasteiger partial charge in [-0.3, -0.25) is 10.8 Å². The quantitative estimate of drug-likeness (QED) is 0.103. The molecular weight excluding hydrogens is 637 g/mol. The van der Waals surface area contributed by atoms with Crippen LogP contribution >= 0.6 is 0 Å². The molecule has 0 fully saturated rings. The van der Waals surface area contributed by atoms with Crippen LogP contribution in [0.4, 0.5) is 0 Å². The monoisotopic (exact) mass is 666 g/mol. The summed E-state index contributed by atoms with van der Waals surface area (Å²) in [4.78, 5) is 16.0. The smallest absolute Gasteiger partial charge is 0.0880 e. The van der Waals surface area contributed by atoms with Crippen molar-refractivity contribution in [1.82, 2.24) is 19.9 Å². The molecule has 5 heterocycles. The van der Waals surface area contributed by atoms with Crippen molar-refractivity contribution in [2.24, 2.45) is 0 Å². The van der Waals surface area contributed by atoms with Crippen LogP contribution in [0, 0.1) is 10.8 Å². The molecule has 6 aromatic carbocycles. The van der Waals surface area contributed by atoms with E-state index in [1.807, 2.05) is 72.8 Å². The molecule has 2 aliphatic heterocycles. The summed E-state index contributed by atoms with van der Waals surface area (Å²) in [7, 11) is 0. The van der Waals surface area contributed by atoms with E-state index in [2.05, 4.69) is 105 Å². The van der Waals surface area contributed by atoms with Gasteiger partial charge in [0.2, 0.25) is 0 Å². The zero-order chi connectivity index (χ0) is 34.8. The van der Waals surface area contributed by atoms with Gasteiger partial charge in [0.05, 0.1) is 33.5 Å². The van der Waals surface area contributed by atoms with Gasteiger partial charge in [0.25, 0.3) is 0 Å². The van der Waals surface area contributed by atoms with E-state index in [9.17, 15) is 0 Å². The lowest BCUT2D eigenvalue weighted by atomic mass is 9.86. The second kappa shape index (κ2) is 11.7. The molecule has 52 heavy (non-hydrogen) atoms. The number of fused-ring (bicyclic) bond motifs is 10. The molecule has 0 spiro atoms. The van der Waals surface area contributed by atoms with Crippen LogP contribution < -0.4 is 10.7 Å². The first-order valence-electron chi connectivity index (χ1n) is 17.2. The SMILES string of the molecule is C1=Cc2cc3ccc(cc4ccc(cc5nc(cc1n2)C=C5)[nH]4)[nH]3.N=c1c(-c2ccccc2)c2cccc3c4cccc5cccc(c(c1=N)c23)c54. The second-order valence-electron chi connectivity index (χ2n) is 13.2. The number of nitrogens with zero attached hydrogens (tertiary/aromatic N) is 2. The summed E-state index contributed by atoms with van der Waals surface area (Å²) in [5.74, 6) is 0. The lowest BCUT2D eigenvalue weighted by molar-refractivity contribution is 1.17. The lowest BCUT2D eigenvalue weighted by Gasteiger charge is -2.16. The summed E-state index contributed by atoms with van der Waals surface area (Å²) >= 11 is 0. The molecule has 6 heteroatoms. The maximum absolute atomic E-state index is 8.92. The van der Waals surface area contributed by atoms with Gasteiger partial charge in [-0.05, 0) is 111 Å². The maximum atomic E-state index is 8.92. The molecule has 11 rings (SSSR count). The maximum Gasteiger partial charge on any atom is 0.0880 e. The molecule has 2 aliphatic rings. The minimum atomic E-state index is 0.294. The van der Waals surface area contributed by atoms with E-state index < -0.39 is 0 Å². The number of nitrogens with one attached hydrogen (secondary N) is 4. The first-order valence-corrected chi connectivity index (χ1v) is 17.2. The third-order valence-electron chi connectivity index (χ3n) is 9.90. The summed E-state index contributed by atoms with van der Waals surface area (Å²) in [6, 6.07) is 45.4. The van der Waals surface area contributed by atoms with Gasteiger partial charge in [-0.15, -0.1) is 0 Å². The first-order chi connectivity index (χ1) is 25.6. The third-order valence-corrected chi connectivity index (χ3v) is 9.90. The van der Waals surface area contributed by atoms with Crippen molar-refractivity contribution in [1.29, 1.82) is 10.8 Å². The Kier molecular flexibility index (Phi) is 6.69. The summed E-state index contributed by atoms with van der Waals surface area (Å²) in [6.45, 7) is 0. The standard InChI is InChI=1S/C26H16N2.C20H14N4/c27-25-22(16-7-2-1-3-8-16)20-14-6-12-18-17-11-4-9-15-10-5-13-19(21(15)17)24(23(18)20)26(25)28;1-2-14-10-16-5-6-18(23-16)12-20-8-7-19(24-20)11-17-4-3-15(22-17)9-13(1)21-14/h1-14,27-28H;1-12,21-22H. The van der Waals surface area contributed by atoms with E-state index in [0.717, 1.165) is 82.9 Å². The number of aromatic nitrogens is 4. The number of hydrogen-bond acceptors (Lipinski definition) is 4. The predicted molar refractivity (Wildman–Crippen MR) is 215 cm³/mol. The Bertz CT molecular complexity index is 3130. The van der Waals surface area contributed by atoms with E-state index in [0.29, 0.717) is 10.7 Å². The molecule has 0 saturated carbocycles. The van der Waals surface area contributed by atoms with E-state index in [4.69, 9.17) is 10.8 Å². The van der Waals surface area contributed by atoms with Crippen LogP contribution in [0.2, 0.25) is 0 Å². The molecule has 8 bridgehead atoms. The van der Waals surface area contributed by atoms with Gasteiger partial charge in [-0.2, -0.15) is 0 Å². The molecule has 6 nitrogen and oxygen atoms in total. The highest BCUT2D eigenvalue weighted by Gasteiger charge is 2.18. The Hall–Kier alpha value is -7.18. The van der Waals surface area contributed by atoms with Gasteiger partial charge in [0.1, 0.15) is 0 Å². The van der Waals surface area contributed by atoms with Gasteiger partial charge >= 0.3 is 0 Å². The third kappa shape index (κ3) is 4.96. The Balaban J connectivity index is 0.000000132. The van der Waals surface area contributed by atoms with Crippen LogP contribution in [0.25, 0.3) is 101 Å². The van der Waals surface area contributed by atoms with E-state index >= 15 is 0 Å². The predicted octanol–water partition coefficient (Wildman–Crippen LogP) is 10.5. The Labute approximate surface area is 297 Å². The van der Waals surface area contributed by atoms with Crippen LogP contribution in [-0.4, -0.2) is 19.9 Å². The number of hydrogen-bond donors (Lipinski definition) is 4. The largest absolute Gasteiger partial charge is 0.355 e. The van der Waals surface area contributed by atoms with Gasteiger partial charge in [0.15, 0.2) is 0 Å². The normalized spacial score (nSPS) is 12.2. The topological polar surface area (TPSA) is 105 Å². The highest BCUT2D eigenvalue weighted by Crippen LogP contribution is 2.40. The van der Waals surface area contributed by atoms with Crippen LogP contribution in [-0.2, 0) is 0 Å². The molecule has 0 aliphatic carbocycles. The van der Waals surface area contributed by atoms with Crippen LogP contribution in [0.3, 0.4) is 0 Å². The van der Waals surface area contributed by atoms with Crippen molar-refractivity contribution < 1.29 is 0 Å². The molecule has 9 aromatic rings. The highest BCUT2D eigenvalue weighted by molar-refractivity contribution is 6.33. The number of H-pyrrole nitrogens is 2. The van der Waals surface area contributed by atoms with Crippen LogP contribution in [0.5, 0.6) is 0 Å². The molecule has 0 saturated heterocycles. The number of rotatable bonds is 1. The molecule has 0 atom stereocenters. The summed E-state index contributed by atoms with van der Waals surface area (Å²) in [5, 5.41) is 27.2. The van der Waals surface area contributed by atoms with Crippen molar-refractivity contribution in [2.45, 2.75) is 0 Å². The summed E-state index contributed by atoms with van der Waals surface area (Å²) in [6.07, 6.45) is 8.05. The molecule has 0 amide bonds. The van der Waals surface area contributed by atoms with Crippen molar-refractivity contribution in [2.75, 3.05) is 0 Å². The summed E-state index contributed by atoms with van der Waals surface area (Å²) < 4.78 is 0. The Morgan fingerprint density at radius 3 is 1.50 bits per heavy atom. The molecule has 0 unspecified atom stereocenters. The lowest BCUT2D eigenvalue weighted by Crippen LogP contribution is -2.26. The Morgan fingerprint density at radius 1 is 0.385 bits per heavy atom. The van der Waals surface area contributed by atoms with E-state index in [1.54, 1.807) is 0 Å². The molecular formula is C46H30N6. The average molecular weight is 667 g/mol. The van der Waals surface area contributed by atoms with Crippen molar-refractivity contribution in [3.05, 3.63) is 167 Å². The van der Waals surface area contributed by atoms with Crippen molar-refractivity contribution >= 4 is 89.5 Å².